The molecule has 1 aromatic carbocycles. The van der Waals surface area contributed by atoms with Crippen molar-refractivity contribution in [2.45, 2.75) is 26.7 Å². The molecular weight excluding hydrogens is 234 g/mol. The second-order valence-corrected chi connectivity index (χ2v) is 4.56. The maximum atomic E-state index is 13.3. The molecule has 1 N–H and O–H groups in total. The van der Waals surface area contributed by atoms with Gasteiger partial charge in [-0.25, -0.2) is 8.78 Å². The Labute approximate surface area is 105 Å². The minimum atomic E-state index is -0.863. The standard InChI is InChI=1S/C14H16F2N2/c1-4-17-13-7-12(8(2)3)18-14-6-11(16)10(15)5-9(13)14/h5-8H,4H2,1-3H3,(H,17,18). The summed E-state index contributed by atoms with van der Waals surface area (Å²) in [5, 5.41) is 3.77. The van der Waals surface area contributed by atoms with Gasteiger partial charge in [0, 0.05) is 29.4 Å². The van der Waals surface area contributed by atoms with Crippen LogP contribution in [0.25, 0.3) is 10.9 Å². The quantitative estimate of drug-likeness (QED) is 0.888. The summed E-state index contributed by atoms with van der Waals surface area (Å²) in [6, 6.07) is 4.24. The first-order valence-corrected chi connectivity index (χ1v) is 6.06. The smallest absolute Gasteiger partial charge is 0.161 e. The van der Waals surface area contributed by atoms with E-state index in [9.17, 15) is 8.78 Å². The molecule has 0 unspecified atom stereocenters. The van der Waals surface area contributed by atoms with Crippen LogP contribution in [0.4, 0.5) is 14.5 Å². The predicted octanol–water partition coefficient (Wildman–Crippen LogP) is 4.07. The van der Waals surface area contributed by atoms with Crippen molar-refractivity contribution in [1.29, 1.82) is 0 Å². The molecule has 0 aliphatic rings. The van der Waals surface area contributed by atoms with Crippen molar-refractivity contribution in [3.05, 3.63) is 35.5 Å². The molecule has 4 heteroatoms. The fourth-order valence-corrected chi connectivity index (χ4v) is 1.87. The Morgan fingerprint density at radius 3 is 2.44 bits per heavy atom. The van der Waals surface area contributed by atoms with Crippen molar-refractivity contribution in [2.75, 3.05) is 11.9 Å². The lowest BCUT2D eigenvalue weighted by molar-refractivity contribution is 0.510. The van der Waals surface area contributed by atoms with Crippen LogP contribution in [0.5, 0.6) is 0 Å². The van der Waals surface area contributed by atoms with Gasteiger partial charge in [0.1, 0.15) is 0 Å². The maximum absolute atomic E-state index is 13.3. The normalized spacial score (nSPS) is 11.2. The zero-order valence-corrected chi connectivity index (χ0v) is 10.7. The highest BCUT2D eigenvalue weighted by Crippen LogP contribution is 2.28. The number of nitrogens with zero attached hydrogens (tertiary/aromatic N) is 1. The first-order chi connectivity index (χ1) is 8.52. The third kappa shape index (κ3) is 2.28. The van der Waals surface area contributed by atoms with E-state index in [-0.39, 0.29) is 5.92 Å². The van der Waals surface area contributed by atoms with Gasteiger partial charge < -0.3 is 5.32 Å². The number of fused-ring (bicyclic) bond motifs is 1. The van der Waals surface area contributed by atoms with Gasteiger partial charge in [-0.1, -0.05) is 13.8 Å². The molecule has 0 aliphatic heterocycles. The zero-order valence-electron chi connectivity index (χ0n) is 10.7. The summed E-state index contributed by atoms with van der Waals surface area (Å²) in [5.74, 6) is -1.47. The van der Waals surface area contributed by atoms with E-state index in [1.807, 2.05) is 26.8 Å². The Bertz CT molecular complexity index is 580. The summed E-state index contributed by atoms with van der Waals surface area (Å²) in [7, 11) is 0. The Balaban J connectivity index is 2.72. The van der Waals surface area contributed by atoms with E-state index >= 15 is 0 Å². The number of benzene rings is 1. The summed E-state index contributed by atoms with van der Waals surface area (Å²) < 4.78 is 26.6. The van der Waals surface area contributed by atoms with Gasteiger partial charge >= 0.3 is 0 Å². The van der Waals surface area contributed by atoms with Gasteiger partial charge in [0.2, 0.25) is 0 Å². The minimum Gasteiger partial charge on any atom is -0.385 e. The highest BCUT2D eigenvalue weighted by Gasteiger charge is 2.11. The van der Waals surface area contributed by atoms with Gasteiger partial charge in [0.05, 0.1) is 5.52 Å². The summed E-state index contributed by atoms with van der Waals surface area (Å²) >= 11 is 0. The van der Waals surface area contributed by atoms with Crippen molar-refractivity contribution in [3.8, 4) is 0 Å². The molecule has 0 aliphatic carbocycles. The van der Waals surface area contributed by atoms with Crippen LogP contribution in [0.15, 0.2) is 18.2 Å². The molecule has 0 spiro atoms. The van der Waals surface area contributed by atoms with Crippen molar-refractivity contribution in [2.24, 2.45) is 0 Å². The number of hydrogen-bond acceptors (Lipinski definition) is 2. The largest absolute Gasteiger partial charge is 0.385 e. The SMILES string of the molecule is CCNc1cc(C(C)C)nc2cc(F)c(F)cc12. The average molecular weight is 250 g/mol. The van der Waals surface area contributed by atoms with E-state index in [1.54, 1.807) is 0 Å². The molecule has 0 amide bonds. The van der Waals surface area contributed by atoms with E-state index in [1.165, 1.54) is 6.07 Å². The van der Waals surface area contributed by atoms with E-state index in [4.69, 9.17) is 0 Å². The summed E-state index contributed by atoms with van der Waals surface area (Å²) in [6.45, 7) is 6.71. The fraction of sp³-hybridized carbons (Fsp3) is 0.357. The molecule has 0 saturated carbocycles. The number of hydrogen-bond donors (Lipinski definition) is 1. The van der Waals surface area contributed by atoms with Gasteiger partial charge in [-0.05, 0) is 25.0 Å². The molecule has 0 atom stereocenters. The van der Waals surface area contributed by atoms with Crippen LogP contribution in [0.3, 0.4) is 0 Å². The molecular formula is C14H16F2N2. The van der Waals surface area contributed by atoms with E-state index in [2.05, 4.69) is 10.3 Å². The Kier molecular flexibility index (Phi) is 3.45. The number of rotatable bonds is 3. The van der Waals surface area contributed by atoms with Gasteiger partial charge in [-0.3, -0.25) is 4.98 Å². The highest BCUT2D eigenvalue weighted by atomic mass is 19.2. The monoisotopic (exact) mass is 250 g/mol. The molecule has 18 heavy (non-hydrogen) atoms. The topological polar surface area (TPSA) is 24.9 Å². The average Bonchev–Trinajstić information content (AvgIpc) is 2.31. The number of aromatic nitrogens is 1. The minimum absolute atomic E-state index is 0.236. The first kappa shape index (κ1) is 12.7. The van der Waals surface area contributed by atoms with E-state index < -0.39 is 11.6 Å². The summed E-state index contributed by atoms with van der Waals surface area (Å²) in [4.78, 5) is 4.37. The lowest BCUT2D eigenvalue weighted by Gasteiger charge is -2.12. The van der Waals surface area contributed by atoms with Crippen LogP contribution in [0.1, 0.15) is 32.4 Å². The van der Waals surface area contributed by atoms with Crippen LogP contribution in [-0.2, 0) is 0 Å². The lowest BCUT2D eigenvalue weighted by Crippen LogP contribution is -2.02. The molecule has 2 nitrogen and oxygen atoms in total. The molecule has 96 valence electrons. The predicted molar refractivity (Wildman–Crippen MR) is 69.9 cm³/mol. The van der Waals surface area contributed by atoms with Crippen LogP contribution in [0.2, 0.25) is 0 Å². The number of pyridine rings is 1. The zero-order chi connectivity index (χ0) is 13.3. The van der Waals surface area contributed by atoms with Crippen LogP contribution >= 0.6 is 0 Å². The Morgan fingerprint density at radius 1 is 1.17 bits per heavy atom. The molecule has 2 rings (SSSR count). The summed E-state index contributed by atoms with van der Waals surface area (Å²) in [6.07, 6.45) is 0. The van der Waals surface area contributed by atoms with Crippen molar-refractivity contribution >= 4 is 16.6 Å². The lowest BCUT2D eigenvalue weighted by atomic mass is 10.1. The van der Waals surface area contributed by atoms with Gasteiger partial charge in [-0.15, -0.1) is 0 Å². The number of halogens is 2. The Hall–Kier alpha value is -1.71. The van der Waals surface area contributed by atoms with Crippen molar-refractivity contribution < 1.29 is 8.78 Å². The highest BCUT2D eigenvalue weighted by molar-refractivity contribution is 5.91. The van der Waals surface area contributed by atoms with Gasteiger partial charge in [0.25, 0.3) is 0 Å². The van der Waals surface area contributed by atoms with E-state index in [0.29, 0.717) is 10.9 Å². The maximum Gasteiger partial charge on any atom is 0.161 e. The van der Waals surface area contributed by atoms with Crippen LogP contribution in [-0.4, -0.2) is 11.5 Å². The molecule has 0 bridgehead atoms. The third-order valence-corrected chi connectivity index (χ3v) is 2.83. The van der Waals surface area contributed by atoms with Crippen molar-refractivity contribution in [1.82, 2.24) is 4.98 Å². The molecule has 1 aromatic heterocycles. The molecule has 0 fully saturated rings. The number of anilines is 1. The Morgan fingerprint density at radius 2 is 1.83 bits per heavy atom. The second kappa shape index (κ2) is 4.88. The molecule has 2 aromatic rings. The van der Waals surface area contributed by atoms with Gasteiger partial charge in [-0.2, -0.15) is 0 Å². The van der Waals surface area contributed by atoms with Crippen LogP contribution in [0, 0.1) is 11.6 Å². The third-order valence-electron chi connectivity index (χ3n) is 2.83. The second-order valence-electron chi connectivity index (χ2n) is 4.56. The number of nitrogens with one attached hydrogen (secondary N) is 1. The molecule has 1 heterocycles. The van der Waals surface area contributed by atoms with E-state index in [0.717, 1.165) is 24.0 Å². The first-order valence-electron chi connectivity index (χ1n) is 6.06. The summed E-state index contributed by atoms with van der Waals surface area (Å²) in [5.41, 5.74) is 2.14. The fourth-order valence-electron chi connectivity index (χ4n) is 1.87. The van der Waals surface area contributed by atoms with Crippen molar-refractivity contribution in [3.63, 3.8) is 0 Å². The van der Waals surface area contributed by atoms with Gasteiger partial charge in [0.15, 0.2) is 11.6 Å². The molecule has 0 saturated heterocycles. The van der Waals surface area contributed by atoms with Crippen LogP contribution < -0.4 is 5.32 Å². The molecule has 0 radical (unpaired) electrons.